The average molecular weight is 198 g/mol. The number of hydrogen-bond acceptors (Lipinski definition) is 1. The highest BCUT2D eigenvalue weighted by atomic mass is 19.1. The predicted octanol–water partition coefficient (Wildman–Crippen LogP) is 3.78. The van der Waals surface area contributed by atoms with Gasteiger partial charge >= 0.3 is 0 Å². The van der Waals surface area contributed by atoms with E-state index in [1.54, 1.807) is 6.07 Å². The third-order valence-corrected chi connectivity index (χ3v) is 1.47. The maximum Gasteiger partial charge on any atom is 0.123 e. The number of ether oxygens (including phenoxy) is 1. The van der Waals surface area contributed by atoms with Gasteiger partial charge in [0.25, 0.3) is 0 Å². The molecule has 0 atom stereocenters. The predicted molar refractivity (Wildman–Crippen MR) is 57.7 cm³/mol. The van der Waals surface area contributed by atoms with Crippen molar-refractivity contribution in [1.82, 2.24) is 0 Å². The van der Waals surface area contributed by atoms with Crippen molar-refractivity contribution in [1.29, 1.82) is 0 Å². The molecule has 0 fully saturated rings. The van der Waals surface area contributed by atoms with Crippen LogP contribution in [0.1, 0.15) is 33.3 Å². The Morgan fingerprint density at radius 1 is 1.29 bits per heavy atom. The van der Waals surface area contributed by atoms with Crippen LogP contribution in [0.25, 0.3) is 0 Å². The Bertz CT molecular complexity index is 246. The molecule has 0 aliphatic carbocycles. The van der Waals surface area contributed by atoms with Crippen LogP contribution in [0.5, 0.6) is 0 Å². The summed E-state index contributed by atoms with van der Waals surface area (Å²) in [5.74, 6) is -0.208. The summed E-state index contributed by atoms with van der Waals surface area (Å²) in [4.78, 5) is 0. The van der Waals surface area contributed by atoms with Crippen LogP contribution < -0.4 is 0 Å². The minimum absolute atomic E-state index is 0.188. The zero-order valence-electron chi connectivity index (χ0n) is 9.38. The van der Waals surface area contributed by atoms with Crippen LogP contribution in [0.2, 0.25) is 0 Å². The largest absolute Gasteiger partial charge is 0.374 e. The summed E-state index contributed by atoms with van der Waals surface area (Å²) in [6, 6.07) is 6.46. The molecule has 2 heteroatoms. The van der Waals surface area contributed by atoms with Gasteiger partial charge in [-0.25, -0.2) is 4.39 Å². The SMILES string of the molecule is CC.CC(C)OCc1cccc(F)c1. The molecule has 0 aliphatic heterocycles. The number of rotatable bonds is 3. The third kappa shape index (κ3) is 5.70. The summed E-state index contributed by atoms with van der Waals surface area (Å²) in [5.41, 5.74) is 0.878. The minimum Gasteiger partial charge on any atom is -0.374 e. The molecule has 0 amide bonds. The molecule has 0 N–H and O–H groups in total. The molecule has 1 aromatic carbocycles. The second-order valence-corrected chi connectivity index (χ2v) is 2.99. The van der Waals surface area contributed by atoms with Crippen molar-refractivity contribution in [2.75, 3.05) is 0 Å². The average Bonchev–Trinajstić information content (AvgIpc) is 2.18. The lowest BCUT2D eigenvalue weighted by Gasteiger charge is -2.06. The molecule has 80 valence electrons. The lowest BCUT2D eigenvalue weighted by molar-refractivity contribution is 0.0655. The quantitative estimate of drug-likeness (QED) is 0.718. The van der Waals surface area contributed by atoms with Crippen molar-refractivity contribution in [3.63, 3.8) is 0 Å². The van der Waals surface area contributed by atoms with Gasteiger partial charge in [0, 0.05) is 0 Å². The van der Waals surface area contributed by atoms with Crippen LogP contribution in [0.3, 0.4) is 0 Å². The summed E-state index contributed by atoms with van der Waals surface area (Å²) >= 11 is 0. The Balaban J connectivity index is 0.000000791. The zero-order chi connectivity index (χ0) is 11.0. The van der Waals surface area contributed by atoms with Crippen molar-refractivity contribution in [2.45, 2.75) is 40.4 Å². The van der Waals surface area contributed by atoms with Crippen molar-refractivity contribution >= 4 is 0 Å². The van der Waals surface area contributed by atoms with E-state index in [-0.39, 0.29) is 11.9 Å². The molecule has 0 aromatic heterocycles. The van der Waals surface area contributed by atoms with E-state index < -0.39 is 0 Å². The maximum absolute atomic E-state index is 12.6. The van der Waals surface area contributed by atoms with Crippen LogP contribution in [0, 0.1) is 5.82 Å². The van der Waals surface area contributed by atoms with E-state index in [4.69, 9.17) is 4.74 Å². The van der Waals surface area contributed by atoms with Crippen LogP contribution in [0.15, 0.2) is 24.3 Å². The van der Waals surface area contributed by atoms with E-state index in [2.05, 4.69) is 0 Å². The molecule has 0 aliphatic rings. The molecule has 1 aromatic rings. The maximum atomic E-state index is 12.6. The fraction of sp³-hybridized carbons (Fsp3) is 0.500. The van der Waals surface area contributed by atoms with E-state index >= 15 is 0 Å². The van der Waals surface area contributed by atoms with Crippen molar-refractivity contribution in [3.05, 3.63) is 35.6 Å². The van der Waals surface area contributed by atoms with Crippen LogP contribution >= 0.6 is 0 Å². The number of halogens is 1. The van der Waals surface area contributed by atoms with Gasteiger partial charge in [-0.05, 0) is 31.5 Å². The van der Waals surface area contributed by atoms with Crippen LogP contribution in [-0.2, 0) is 11.3 Å². The smallest absolute Gasteiger partial charge is 0.123 e. The van der Waals surface area contributed by atoms with Crippen molar-refractivity contribution in [3.8, 4) is 0 Å². The van der Waals surface area contributed by atoms with Crippen molar-refractivity contribution < 1.29 is 9.13 Å². The Hall–Kier alpha value is -0.890. The first-order chi connectivity index (χ1) is 6.68. The number of hydrogen-bond donors (Lipinski definition) is 0. The molecular weight excluding hydrogens is 179 g/mol. The van der Waals surface area contributed by atoms with Gasteiger partial charge in [-0.3, -0.25) is 0 Å². The van der Waals surface area contributed by atoms with Gasteiger partial charge in [-0.15, -0.1) is 0 Å². The first kappa shape index (κ1) is 13.1. The highest BCUT2D eigenvalue weighted by Gasteiger charge is 1.96. The molecule has 0 saturated carbocycles. The number of benzene rings is 1. The molecule has 0 spiro atoms. The van der Waals surface area contributed by atoms with Gasteiger partial charge in [0.15, 0.2) is 0 Å². The second kappa shape index (κ2) is 7.51. The van der Waals surface area contributed by atoms with Gasteiger partial charge in [0.1, 0.15) is 5.82 Å². The normalized spacial score (nSPS) is 9.57. The van der Waals surface area contributed by atoms with Gasteiger partial charge < -0.3 is 4.74 Å². The summed E-state index contributed by atoms with van der Waals surface area (Å²) in [7, 11) is 0. The van der Waals surface area contributed by atoms with Crippen molar-refractivity contribution in [2.24, 2.45) is 0 Å². The lowest BCUT2D eigenvalue weighted by atomic mass is 10.2. The Kier molecular flexibility index (Phi) is 7.03. The van der Waals surface area contributed by atoms with E-state index in [9.17, 15) is 4.39 Å². The first-order valence-electron chi connectivity index (χ1n) is 5.04. The Morgan fingerprint density at radius 2 is 1.93 bits per heavy atom. The topological polar surface area (TPSA) is 9.23 Å². The van der Waals surface area contributed by atoms with E-state index in [1.807, 2.05) is 33.8 Å². The van der Waals surface area contributed by atoms with E-state index in [0.717, 1.165) is 5.56 Å². The lowest BCUT2D eigenvalue weighted by Crippen LogP contribution is -2.02. The third-order valence-electron chi connectivity index (χ3n) is 1.47. The van der Waals surface area contributed by atoms with Gasteiger partial charge in [0.2, 0.25) is 0 Å². The highest BCUT2D eigenvalue weighted by Crippen LogP contribution is 2.05. The first-order valence-corrected chi connectivity index (χ1v) is 5.04. The van der Waals surface area contributed by atoms with E-state index in [1.165, 1.54) is 12.1 Å². The van der Waals surface area contributed by atoms with E-state index in [0.29, 0.717) is 6.61 Å². The highest BCUT2D eigenvalue weighted by molar-refractivity contribution is 5.15. The molecule has 0 heterocycles. The van der Waals surface area contributed by atoms with Gasteiger partial charge in [-0.2, -0.15) is 0 Å². The molecule has 0 unspecified atom stereocenters. The Labute approximate surface area is 85.9 Å². The molecule has 0 radical (unpaired) electrons. The zero-order valence-corrected chi connectivity index (χ0v) is 9.38. The minimum atomic E-state index is -0.208. The van der Waals surface area contributed by atoms with Gasteiger partial charge in [0.05, 0.1) is 12.7 Å². The molecule has 1 nitrogen and oxygen atoms in total. The molecule has 1 rings (SSSR count). The monoisotopic (exact) mass is 198 g/mol. The van der Waals surface area contributed by atoms with Crippen LogP contribution in [-0.4, -0.2) is 6.10 Å². The molecular formula is C12H19FO. The summed E-state index contributed by atoms with van der Waals surface area (Å²) in [6.07, 6.45) is 0.188. The standard InChI is InChI=1S/C10H13FO.C2H6/c1-8(2)12-7-9-4-3-5-10(11)6-9;1-2/h3-6,8H,7H2,1-2H3;1-2H3. The molecule has 14 heavy (non-hydrogen) atoms. The fourth-order valence-corrected chi connectivity index (χ4v) is 0.890. The van der Waals surface area contributed by atoms with Crippen LogP contribution in [0.4, 0.5) is 4.39 Å². The van der Waals surface area contributed by atoms with Gasteiger partial charge in [-0.1, -0.05) is 26.0 Å². The fourth-order valence-electron chi connectivity index (χ4n) is 0.890. The summed E-state index contributed by atoms with van der Waals surface area (Å²) in [5, 5.41) is 0. The summed E-state index contributed by atoms with van der Waals surface area (Å²) in [6.45, 7) is 8.40. The second-order valence-electron chi connectivity index (χ2n) is 2.99. The molecule has 0 saturated heterocycles. The summed E-state index contributed by atoms with van der Waals surface area (Å²) < 4.78 is 18.0. The molecule has 0 bridgehead atoms. The Morgan fingerprint density at radius 3 is 2.43 bits per heavy atom.